The van der Waals surface area contributed by atoms with E-state index in [-0.39, 0.29) is 24.4 Å². The maximum Gasteiger partial charge on any atom is 0.342 e. The topological polar surface area (TPSA) is 77.5 Å². The SMILES string of the molecule is COc1ccc(CC(=O)Nc2scc(-c3ccncc3)c2C(=O)OC2CCCCC2)cc1. The molecule has 6 nitrogen and oxygen atoms in total. The molecule has 0 radical (unpaired) electrons. The molecule has 32 heavy (non-hydrogen) atoms. The van der Waals surface area contributed by atoms with Gasteiger partial charge in [-0.05, 0) is 61.1 Å². The Bertz CT molecular complexity index is 1060. The molecule has 3 aromatic rings. The molecule has 1 aliphatic rings. The second kappa shape index (κ2) is 10.4. The maximum atomic E-state index is 13.2. The van der Waals surface area contributed by atoms with Gasteiger partial charge in [-0.15, -0.1) is 11.3 Å². The summed E-state index contributed by atoms with van der Waals surface area (Å²) >= 11 is 1.33. The number of ether oxygens (including phenoxy) is 2. The average Bonchev–Trinajstić information content (AvgIpc) is 3.24. The van der Waals surface area contributed by atoms with Gasteiger partial charge < -0.3 is 14.8 Å². The predicted octanol–water partition coefficient (Wildman–Crippen LogP) is 5.49. The molecule has 0 bridgehead atoms. The molecule has 0 aliphatic heterocycles. The summed E-state index contributed by atoms with van der Waals surface area (Å²) in [6, 6.07) is 11.1. The van der Waals surface area contributed by atoms with Gasteiger partial charge in [0.1, 0.15) is 22.4 Å². The molecule has 0 saturated heterocycles. The lowest BCUT2D eigenvalue weighted by Crippen LogP contribution is -2.22. The zero-order valence-electron chi connectivity index (χ0n) is 18.0. The van der Waals surface area contributed by atoms with E-state index in [9.17, 15) is 9.59 Å². The fourth-order valence-electron chi connectivity index (χ4n) is 3.89. The van der Waals surface area contributed by atoms with E-state index in [1.807, 2.05) is 41.8 Å². The Morgan fingerprint density at radius 2 is 1.78 bits per heavy atom. The number of thiophene rings is 1. The van der Waals surface area contributed by atoms with Gasteiger partial charge in [0.15, 0.2) is 0 Å². The maximum absolute atomic E-state index is 13.2. The molecule has 0 unspecified atom stereocenters. The Labute approximate surface area is 191 Å². The van der Waals surface area contributed by atoms with Crippen molar-refractivity contribution in [3.8, 4) is 16.9 Å². The Morgan fingerprint density at radius 3 is 2.47 bits per heavy atom. The fourth-order valence-corrected chi connectivity index (χ4v) is 4.86. The van der Waals surface area contributed by atoms with Crippen molar-refractivity contribution in [2.45, 2.75) is 44.6 Å². The molecule has 2 aromatic heterocycles. The Hall–Kier alpha value is -3.19. The average molecular weight is 451 g/mol. The van der Waals surface area contributed by atoms with E-state index in [4.69, 9.17) is 9.47 Å². The van der Waals surface area contributed by atoms with Crippen molar-refractivity contribution in [1.29, 1.82) is 0 Å². The summed E-state index contributed by atoms with van der Waals surface area (Å²) in [6.07, 6.45) is 8.61. The molecule has 7 heteroatoms. The van der Waals surface area contributed by atoms with Gasteiger partial charge in [0.2, 0.25) is 5.91 Å². The summed E-state index contributed by atoms with van der Waals surface area (Å²) in [6.45, 7) is 0. The van der Waals surface area contributed by atoms with Crippen LogP contribution in [-0.4, -0.2) is 30.1 Å². The van der Waals surface area contributed by atoms with Crippen LogP contribution in [0, 0.1) is 0 Å². The summed E-state index contributed by atoms with van der Waals surface area (Å²) < 4.78 is 11.0. The van der Waals surface area contributed by atoms with Gasteiger partial charge in [-0.3, -0.25) is 9.78 Å². The number of anilines is 1. The summed E-state index contributed by atoms with van der Waals surface area (Å²) in [7, 11) is 1.60. The summed E-state index contributed by atoms with van der Waals surface area (Å²) in [5.41, 5.74) is 2.89. The number of hydrogen-bond acceptors (Lipinski definition) is 6. The monoisotopic (exact) mass is 450 g/mol. The minimum absolute atomic E-state index is 0.0655. The first-order valence-electron chi connectivity index (χ1n) is 10.8. The van der Waals surface area contributed by atoms with Crippen molar-refractivity contribution >= 4 is 28.2 Å². The summed E-state index contributed by atoms with van der Waals surface area (Å²) in [4.78, 5) is 30.0. The van der Waals surface area contributed by atoms with E-state index in [0.29, 0.717) is 10.6 Å². The number of nitrogens with one attached hydrogen (secondary N) is 1. The lowest BCUT2D eigenvalue weighted by atomic mass is 9.97. The molecule has 2 heterocycles. The third-order valence-corrected chi connectivity index (χ3v) is 6.48. The molecule has 1 saturated carbocycles. The zero-order valence-corrected chi connectivity index (χ0v) is 18.8. The highest BCUT2D eigenvalue weighted by Gasteiger charge is 2.26. The van der Waals surface area contributed by atoms with Gasteiger partial charge in [-0.1, -0.05) is 18.6 Å². The van der Waals surface area contributed by atoms with E-state index in [1.54, 1.807) is 19.5 Å². The minimum Gasteiger partial charge on any atom is -0.497 e. The minimum atomic E-state index is -0.385. The molecule has 0 spiro atoms. The quantitative estimate of drug-likeness (QED) is 0.482. The lowest BCUT2D eigenvalue weighted by molar-refractivity contribution is -0.115. The first-order valence-corrected chi connectivity index (χ1v) is 11.7. The number of aromatic nitrogens is 1. The molecule has 1 aromatic carbocycles. The van der Waals surface area contributed by atoms with E-state index in [0.717, 1.165) is 48.1 Å². The largest absolute Gasteiger partial charge is 0.497 e. The lowest BCUT2D eigenvalue weighted by Gasteiger charge is -2.22. The van der Waals surface area contributed by atoms with Crippen LogP contribution < -0.4 is 10.1 Å². The number of pyridine rings is 1. The molecule has 0 atom stereocenters. The van der Waals surface area contributed by atoms with Crippen molar-refractivity contribution < 1.29 is 19.1 Å². The van der Waals surface area contributed by atoms with Crippen LogP contribution in [0.15, 0.2) is 54.2 Å². The van der Waals surface area contributed by atoms with Crippen molar-refractivity contribution in [3.05, 3.63) is 65.3 Å². The number of carbonyl (C=O) groups is 2. The van der Waals surface area contributed by atoms with E-state index < -0.39 is 0 Å². The van der Waals surface area contributed by atoms with Crippen molar-refractivity contribution in [2.24, 2.45) is 0 Å². The second-order valence-corrected chi connectivity index (χ2v) is 8.71. The van der Waals surface area contributed by atoms with Crippen molar-refractivity contribution in [2.75, 3.05) is 12.4 Å². The number of carbonyl (C=O) groups excluding carboxylic acids is 2. The first kappa shape index (κ1) is 22.0. The second-order valence-electron chi connectivity index (χ2n) is 7.83. The van der Waals surface area contributed by atoms with Gasteiger partial charge >= 0.3 is 5.97 Å². The van der Waals surface area contributed by atoms with Crippen LogP contribution >= 0.6 is 11.3 Å². The number of amides is 1. The van der Waals surface area contributed by atoms with Crippen molar-refractivity contribution in [3.63, 3.8) is 0 Å². The predicted molar refractivity (Wildman–Crippen MR) is 125 cm³/mol. The molecule has 1 fully saturated rings. The fraction of sp³-hybridized carbons (Fsp3) is 0.320. The smallest absolute Gasteiger partial charge is 0.342 e. The van der Waals surface area contributed by atoms with Gasteiger partial charge in [0.05, 0.1) is 13.5 Å². The third kappa shape index (κ3) is 5.34. The van der Waals surface area contributed by atoms with Crippen LogP contribution in [0.3, 0.4) is 0 Å². The summed E-state index contributed by atoms with van der Waals surface area (Å²) in [5.74, 6) is 0.164. The van der Waals surface area contributed by atoms with Crippen LogP contribution in [-0.2, 0) is 16.0 Å². The summed E-state index contributed by atoms with van der Waals surface area (Å²) in [5, 5.41) is 5.32. The molecule has 166 valence electrons. The Kier molecular flexibility index (Phi) is 7.17. The number of hydrogen-bond donors (Lipinski definition) is 1. The molecule has 1 N–H and O–H groups in total. The van der Waals surface area contributed by atoms with Crippen LogP contribution in [0.2, 0.25) is 0 Å². The van der Waals surface area contributed by atoms with E-state index in [1.165, 1.54) is 17.8 Å². The van der Waals surface area contributed by atoms with Crippen molar-refractivity contribution in [1.82, 2.24) is 4.98 Å². The molecule has 1 aliphatic carbocycles. The van der Waals surface area contributed by atoms with E-state index in [2.05, 4.69) is 10.3 Å². The zero-order chi connectivity index (χ0) is 22.3. The first-order chi connectivity index (χ1) is 15.6. The standard InChI is InChI=1S/C25H26N2O4S/c1-30-19-9-7-17(8-10-19)15-22(28)27-24-23(25(29)31-20-5-3-2-4-6-20)21(16-32-24)18-11-13-26-14-12-18/h7-14,16,20H,2-6,15H2,1H3,(H,27,28). The number of rotatable bonds is 7. The molecule has 4 rings (SSSR count). The number of methoxy groups -OCH3 is 1. The Balaban J connectivity index is 1.55. The van der Waals surface area contributed by atoms with Crippen LogP contribution in [0.25, 0.3) is 11.1 Å². The van der Waals surface area contributed by atoms with Crippen LogP contribution in [0.4, 0.5) is 5.00 Å². The number of nitrogens with zero attached hydrogens (tertiary/aromatic N) is 1. The molecule has 1 amide bonds. The van der Waals surface area contributed by atoms with Gasteiger partial charge in [0.25, 0.3) is 0 Å². The molecular formula is C25H26N2O4S. The number of benzene rings is 1. The van der Waals surface area contributed by atoms with Crippen LogP contribution in [0.5, 0.6) is 5.75 Å². The highest BCUT2D eigenvalue weighted by Crippen LogP contribution is 2.37. The van der Waals surface area contributed by atoms with Crippen LogP contribution in [0.1, 0.15) is 48.0 Å². The highest BCUT2D eigenvalue weighted by atomic mass is 32.1. The Morgan fingerprint density at radius 1 is 1.06 bits per heavy atom. The third-order valence-electron chi connectivity index (χ3n) is 5.59. The van der Waals surface area contributed by atoms with Gasteiger partial charge in [0, 0.05) is 23.3 Å². The van der Waals surface area contributed by atoms with Gasteiger partial charge in [-0.2, -0.15) is 0 Å². The molecular weight excluding hydrogens is 424 g/mol. The van der Waals surface area contributed by atoms with Gasteiger partial charge in [-0.25, -0.2) is 4.79 Å². The highest BCUT2D eigenvalue weighted by molar-refractivity contribution is 7.15. The van der Waals surface area contributed by atoms with E-state index >= 15 is 0 Å². The number of esters is 1. The normalized spacial score (nSPS) is 14.0.